The summed E-state index contributed by atoms with van der Waals surface area (Å²) in [5, 5.41) is 0. The molecular weight excluding hydrogens is 200 g/mol. The van der Waals surface area contributed by atoms with Crippen LogP contribution < -0.4 is 0 Å². The summed E-state index contributed by atoms with van der Waals surface area (Å²) in [6.45, 7) is 2.31. The van der Waals surface area contributed by atoms with Crippen LogP contribution in [0.3, 0.4) is 0 Å². The first-order valence-electron chi connectivity index (χ1n) is 5.82. The van der Waals surface area contributed by atoms with Gasteiger partial charge in [-0.15, -0.1) is 0 Å². The van der Waals surface area contributed by atoms with E-state index < -0.39 is 0 Å². The smallest absolute Gasteiger partial charge is 0.240 e. The van der Waals surface area contributed by atoms with Gasteiger partial charge in [-0.05, 0) is 36.3 Å². The molecule has 1 aliphatic rings. The van der Waals surface area contributed by atoms with Crippen molar-refractivity contribution in [3.05, 3.63) is 24.0 Å². The van der Waals surface area contributed by atoms with Crippen molar-refractivity contribution in [3.63, 3.8) is 0 Å². The number of hydrogen-bond acceptors (Lipinski definition) is 3. The lowest BCUT2D eigenvalue weighted by molar-refractivity contribution is 0.347. The van der Waals surface area contributed by atoms with E-state index in [2.05, 4.69) is 16.9 Å². The van der Waals surface area contributed by atoms with Gasteiger partial charge >= 0.3 is 0 Å². The molecule has 3 heteroatoms. The molecule has 0 bridgehead atoms. The third-order valence-corrected chi connectivity index (χ3v) is 3.41. The molecule has 0 radical (unpaired) electrons. The number of pyridine rings is 1. The van der Waals surface area contributed by atoms with Crippen molar-refractivity contribution in [2.45, 2.75) is 38.5 Å². The summed E-state index contributed by atoms with van der Waals surface area (Å²) in [6.07, 6.45) is 10.1. The SMILES string of the molecule is CC1CCC(c2cncc(N=C=O)c2)CC1. The van der Waals surface area contributed by atoms with E-state index in [1.165, 1.54) is 31.2 Å². The number of aliphatic imine (C=N–C) groups is 1. The molecule has 1 saturated carbocycles. The minimum absolute atomic E-state index is 0.588. The maximum absolute atomic E-state index is 10.2. The number of isocyanates is 1. The summed E-state index contributed by atoms with van der Waals surface area (Å²) in [7, 11) is 0. The molecule has 1 fully saturated rings. The Morgan fingerprint density at radius 1 is 1.31 bits per heavy atom. The Labute approximate surface area is 95.6 Å². The van der Waals surface area contributed by atoms with Crippen LogP contribution in [0.15, 0.2) is 23.5 Å². The highest BCUT2D eigenvalue weighted by molar-refractivity contribution is 5.48. The third kappa shape index (κ3) is 2.56. The fourth-order valence-corrected chi connectivity index (χ4v) is 2.38. The van der Waals surface area contributed by atoms with Gasteiger partial charge < -0.3 is 0 Å². The van der Waals surface area contributed by atoms with Crippen molar-refractivity contribution in [1.29, 1.82) is 0 Å². The van der Waals surface area contributed by atoms with E-state index in [1.54, 1.807) is 12.3 Å². The molecule has 0 spiro atoms. The van der Waals surface area contributed by atoms with E-state index in [4.69, 9.17) is 0 Å². The van der Waals surface area contributed by atoms with Crippen molar-refractivity contribution < 1.29 is 4.79 Å². The molecule has 0 atom stereocenters. The zero-order chi connectivity index (χ0) is 11.4. The van der Waals surface area contributed by atoms with E-state index in [1.807, 2.05) is 12.3 Å². The quantitative estimate of drug-likeness (QED) is 0.562. The van der Waals surface area contributed by atoms with Gasteiger partial charge in [-0.2, -0.15) is 4.99 Å². The summed E-state index contributed by atoms with van der Waals surface area (Å²) in [5.41, 5.74) is 1.83. The lowest BCUT2D eigenvalue weighted by atomic mass is 9.80. The zero-order valence-electron chi connectivity index (χ0n) is 9.52. The second kappa shape index (κ2) is 5.04. The Bertz CT molecular complexity index is 402. The molecule has 0 unspecified atom stereocenters. The predicted octanol–water partition coefficient (Wildman–Crippen LogP) is 3.34. The summed E-state index contributed by atoms with van der Waals surface area (Å²) in [4.78, 5) is 17.9. The monoisotopic (exact) mass is 216 g/mol. The number of aromatic nitrogens is 1. The number of carbonyl (C=O) groups excluding carboxylic acids is 1. The minimum Gasteiger partial charge on any atom is -0.262 e. The Hall–Kier alpha value is -1.47. The van der Waals surface area contributed by atoms with Gasteiger partial charge in [0.1, 0.15) is 0 Å². The lowest BCUT2D eigenvalue weighted by Gasteiger charge is -2.26. The molecule has 0 aliphatic heterocycles. The first-order valence-corrected chi connectivity index (χ1v) is 5.82. The molecule has 0 amide bonds. The Morgan fingerprint density at radius 3 is 2.75 bits per heavy atom. The summed E-state index contributed by atoms with van der Waals surface area (Å²) in [5.74, 6) is 1.44. The van der Waals surface area contributed by atoms with E-state index in [9.17, 15) is 4.79 Å². The second-order valence-corrected chi connectivity index (χ2v) is 4.64. The van der Waals surface area contributed by atoms with Crippen LogP contribution in [-0.2, 0) is 4.79 Å². The third-order valence-electron chi connectivity index (χ3n) is 3.41. The molecule has 3 nitrogen and oxygen atoms in total. The standard InChI is InChI=1S/C13H16N2O/c1-10-2-4-11(5-3-10)12-6-13(15-9-16)8-14-7-12/h6-8,10-11H,2-5H2,1H3. The van der Waals surface area contributed by atoms with E-state index in [-0.39, 0.29) is 0 Å². The molecular formula is C13H16N2O. The van der Waals surface area contributed by atoms with Gasteiger partial charge in [0.2, 0.25) is 6.08 Å². The molecule has 1 aromatic heterocycles. The molecule has 0 aromatic carbocycles. The first kappa shape index (κ1) is 11.0. The van der Waals surface area contributed by atoms with Crippen LogP contribution in [0.25, 0.3) is 0 Å². The maximum atomic E-state index is 10.2. The van der Waals surface area contributed by atoms with Gasteiger partial charge in [0.05, 0.1) is 11.9 Å². The van der Waals surface area contributed by atoms with Crippen molar-refractivity contribution in [2.75, 3.05) is 0 Å². The minimum atomic E-state index is 0.588. The maximum Gasteiger partial charge on any atom is 0.240 e. The van der Waals surface area contributed by atoms with Crippen LogP contribution in [0.5, 0.6) is 0 Å². The van der Waals surface area contributed by atoms with Crippen LogP contribution in [0.2, 0.25) is 0 Å². The molecule has 16 heavy (non-hydrogen) atoms. The van der Waals surface area contributed by atoms with Crippen LogP contribution >= 0.6 is 0 Å². The predicted molar refractivity (Wildman–Crippen MR) is 62.4 cm³/mol. The van der Waals surface area contributed by atoms with E-state index >= 15 is 0 Å². The fraction of sp³-hybridized carbons (Fsp3) is 0.538. The van der Waals surface area contributed by atoms with Gasteiger partial charge in [-0.3, -0.25) is 4.98 Å². The van der Waals surface area contributed by atoms with Crippen LogP contribution in [0.1, 0.15) is 44.1 Å². The zero-order valence-corrected chi connectivity index (χ0v) is 9.52. The highest BCUT2D eigenvalue weighted by Crippen LogP contribution is 2.35. The molecule has 1 aromatic rings. The topological polar surface area (TPSA) is 42.3 Å². The number of rotatable bonds is 2. The Kier molecular flexibility index (Phi) is 3.47. The average molecular weight is 216 g/mol. The summed E-state index contributed by atoms with van der Waals surface area (Å²) in [6, 6.07) is 1.96. The van der Waals surface area contributed by atoms with E-state index in [0.29, 0.717) is 11.6 Å². The Morgan fingerprint density at radius 2 is 2.06 bits per heavy atom. The first-order chi connectivity index (χ1) is 7.79. The van der Waals surface area contributed by atoms with Crippen molar-refractivity contribution >= 4 is 11.8 Å². The van der Waals surface area contributed by atoms with Crippen LogP contribution in [-0.4, -0.2) is 11.1 Å². The summed E-state index contributed by atoms with van der Waals surface area (Å²) >= 11 is 0. The fourth-order valence-electron chi connectivity index (χ4n) is 2.38. The Balaban J connectivity index is 2.14. The molecule has 84 valence electrons. The molecule has 1 heterocycles. The molecule has 2 rings (SSSR count). The van der Waals surface area contributed by atoms with Gasteiger partial charge in [0, 0.05) is 6.20 Å². The summed E-state index contributed by atoms with van der Waals surface area (Å²) < 4.78 is 0. The number of nitrogens with zero attached hydrogens (tertiary/aromatic N) is 2. The van der Waals surface area contributed by atoms with Crippen LogP contribution in [0.4, 0.5) is 5.69 Å². The van der Waals surface area contributed by atoms with Crippen molar-refractivity contribution in [1.82, 2.24) is 4.98 Å². The van der Waals surface area contributed by atoms with Gasteiger partial charge in [0.15, 0.2) is 0 Å². The molecule has 1 aliphatic carbocycles. The number of hydrogen-bond donors (Lipinski definition) is 0. The second-order valence-electron chi connectivity index (χ2n) is 4.64. The van der Waals surface area contributed by atoms with Gasteiger partial charge in [-0.1, -0.05) is 19.8 Å². The highest BCUT2D eigenvalue weighted by atomic mass is 16.1. The average Bonchev–Trinajstić information content (AvgIpc) is 2.31. The van der Waals surface area contributed by atoms with Crippen molar-refractivity contribution in [2.24, 2.45) is 10.9 Å². The normalized spacial score (nSPS) is 24.8. The molecule has 0 saturated heterocycles. The highest BCUT2D eigenvalue weighted by Gasteiger charge is 2.19. The largest absolute Gasteiger partial charge is 0.262 e. The van der Waals surface area contributed by atoms with Gasteiger partial charge in [0.25, 0.3) is 0 Å². The van der Waals surface area contributed by atoms with Crippen molar-refractivity contribution in [3.8, 4) is 0 Å². The van der Waals surface area contributed by atoms with Gasteiger partial charge in [-0.25, -0.2) is 4.79 Å². The lowest BCUT2D eigenvalue weighted by Crippen LogP contribution is -2.10. The van der Waals surface area contributed by atoms with E-state index in [0.717, 1.165) is 5.92 Å². The molecule has 0 N–H and O–H groups in total. The van der Waals surface area contributed by atoms with Crippen LogP contribution in [0, 0.1) is 5.92 Å².